The Morgan fingerprint density at radius 3 is 2.16 bits per heavy atom. The van der Waals surface area contributed by atoms with Crippen LogP contribution in [0.1, 0.15) is 95.2 Å². The highest BCUT2D eigenvalue weighted by molar-refractivity contribution is 7.18. The lowest BCUT2D eigenvalue weighted by molar-refractivity contribution is -0.150. The van der Waals surface area contributed by atoms with Crippen LogP contribution in [0.25, 0.3) is 10.2 Å². The van der Waals surface area contributed by atoms with Gasteiger partial charge in [-0.3, -0.25) is 14.4 Å². The SMILES string of the molecule is CCCCOC(=O)C(CCCCc1nc2ccccc2s1)C[C@@H](CCc1ccc(CCC)cc1)C(=O)NCC(=O)N(c1ccccc1)C(C)C. The number of ether oxygens (including phenoxy) is 1. The van der Waals surface area contributed by atoms with Gasteiger partial charge in [0.05, 0.1) is 34.3 Å². The Morgan fingerprint density at radius 2 is 1.48 bits per heavy atom. The van der Waals surface area contributed by atoms with Crippen molar-refractivity contribution in [3.05, 3.63) is 95.0 Å². The van der Waals surface area contributed by atoms with Crippen molar-refractivity contribution in [2.75, 3.05) is 18.1 Å². The molecule has 0 aliphatic rings. The summed E-state index contributed by atoms with van der Waals surface area (Å²) >= 11 is 1.72. The van der Waals surface area contributed by atoms with E-state index in [2.05, 4.69) is 49.5 Å². The molecule has 268 valence electrons. The average Bonchev–Trinajstić information content (AvgIpc) is 3.54. The van der Waals surface area contributed by atoms with Crippen LogP contribution in [0, 0.1) is 11.8 Å². The Morgan fingerprint density at radius 1 is 0.780 bits per heavy atom. The molecular weight excluding hydrogens is 643 g/mol. The fourth-order valence-electron chi connectivity index (χ4n) is 6.37. The van der Waals surface area contributed by atoms with E-state index in [-0.39, 0.29) is 30.4 Å². The predicted molar refractivity (Wildman–Crippen MR) is 205 cm³/mol. The number of para-hydroxylation sites is 2. The van der Waals surface area contributed by atoms with E-state index < -0.39 is 11.8 Å². The van der Waals surface area contributed by atoms with Crippen molar-refractivity contribution in [3.63, 3.8) is 0 Å². The number of rotatable bonds is 21. The molecule has 0 bridgehead atoms. The second kappa shape index (κ2) is 20.6. The molecule has 4 aromatic rings. The van der Waals surface area contributed by atoms with Crippen LogP contribution >= 0.6 is 11.3 Å². The molecule has 4 rings (SSSR count). The molecule has 2 atom stereocenters. The minimum Gasteiger partial charge on any atom is -0.465 e. The highest BCUT2D eigenvalue weighted by atomic mass is 32.1. The second-order valence-electron chi connectivity index (χ2n) is 13.5. The lowest BCUT2D eigenvalue weighted by Crippen LogP contribution is -2.45. The molecule has 0 saturated heterocycles. The van der Waals surface area contributed by atoms with Crippen LogP contribution in [0.15, 0.2) is 78.9 Å². The van der Waals surface area contributed by atoms with Crippen LogP contribution < -0.4 is 10.2 Å². The number of unbranched alkanes of at least 4 members (excludes halogenated alkanes) is 2. The monoisotopic (exact) mass is 697 g/mol. The summed E-state index contributed by atoms with van der Waals surface area (Å²) in [6.45, 7) is 8.45. The second-order valence-corrected chi connectivity index (χ2v) is 14.6. The molecule has 0 radical (unpaired) electrons. The number of amides is 2. The number of benzene rings is 3. The van der Waals surface area contributed by atoms with E-state index in [4.69, 9.17) is 9.72 Å². The van der Waals surface area contributed by atoms with E-state index in [9.17, 15) is 14.4 Å². The van der Waals surface area contributed by atoms with Gasteiger partial charge in [0.1, 0.15) is 0 Å². The Labute approximate surface area is 302 Å². The zero-order valence-electron chi connectivity index (χ0n) is 30.4. The zero-order valence-corrected chi connectivity index (χ0v) is 31.2. The van der Waals surface area contributed by atoms with E-state index in [1.54, 1.807) is 16.2 Å². The van der Waals surface area contributed by atoms with Crippen LogP contribution in [0.3, 0.4) is 0 Å². The summed E-state index contributed by atoms with van der Waals surface area (Å²) < 4.78 is 6.93. The molecule has 1 heterocycles. The highest BCUT2D eigenvalue weighted by Crippen LogP contribution is 2.27. The Bertz CT molecular complexity index is 1590. The molecule has 0 fully saturated rings. The quantitative estimate of drug-likeness (QED) is 0.0693. The van der Waals surface area contributed by atoms with Crippen molar-refractivity contribution < 1.29 is 19.1 Å². The number of aryl methyl sites for hydroxylation is 3. The first-order chi connectivity index (χ1) is 24.3. The van der Waals surface area contributed by atoms with Crippen LogP contribution in [-0.2, 0) is 38.4 Å². The minimum atomic E-state index is -0.449. The van der Waals surface area contributed by atoms with Crippen molar-refractivity contribution in [2.45, 2.75) is 104 Å². The topological polar surface area (TPSA) is 88.6 Å². The maximum absolute atomic E-state index is 13.9. The lowest BCUT2D eigenvalue weighted by Gasteiger charge is -2.28. The number of nitrogens with one attached hydrogen (secondary N) is 1. The van der Waals surface area contributed by atoms with E-state index in [1.165, 1.54) is 10.3 Å². The maximum atomic E-state index is 13.9. The number of anilines is 1. The predicted octanol–water partition coefficient (Wildman–Crippen LogP) is 9.12. The fourth-order valence-corrected chi connectivity index (χ4v) is 7.38. The van der Waals surface area contributed by atoms with Crippen LogP contribution in [0.5, 0.6) is 0 Å². The van der Waals surface area contributed by atoms with E-state index in [0.717, 1.165) is 66.7 Å². The Balaban J connectivity index is 1.45. The number of thiazole rings is 1. The van der Waals surface area contributed by atoms with Crippen molar-refractivity contribution >= 4 is 45.0 Å². The number of hydrogen-bond acceptors (Lipinski definition) is 6. The third kappa shape index (κ3) is 12.1. The number of carbonyl (C=O) groups is 3. The third-order valence-corrected chi connectivity index (χ3v) is 10.2. The van der Waals surface area contributed by atoms with Gasteiger partial charge in [-0.15, -0.1) is 11.3 Å². The number of carbonyl (C=O) groups excluding carboxylic acids is 3. The van der Waals surface area contributed by atoms with E-state index in [1.807, 2.05) is 62.4 Å². The van der Waals surface area contributed by atoms with E-state index in [0.29, 0.717) is 32.3 Å². The van der Waals surface area contributed by atoms with Gasteiger partial charge in [-0.25, -0.2) is 4.98 Å². The lowest BCUT2D eigenvalue weighted by atomic mass is 9.86. The van der Waals surface area contributed by atoms with Gasteiger partial charge < -0.3 is 15.0 Å². The first-order valence-corrected chi connectivity index (χ1v) is 19.3. The molecule has 7 nitrogen and oxygen atoms in total. The van der Waals surface area contributed by atoms with Crippen molar-refractivity contribution in [2.24, 2.45) is 11.8 Å². The molecule has 1 N–H and O–H groups in total. The normalized spacial score (nSPS) is 12.5. The third-order valence-electron chi connectivity index (χ3n) is 9.12. The standard InChI is InChI=1S/C42H55N3O4S/c1-5-7-28-49-42(48)35(16-11-14-21-39-44-37-19-12-13-20-38(37)50-39)29-34(27-26-33-24-22-32(15-6-2)23-25-33)41(47)43-30-40(46)45(31(3)4)36-17-9-8-10-18-36/h8-10,12-13,17-20,22-25,31,34-35H,5-7,11,14-16,21,26-30H2,1-4H3,(H,43,47)/t34-,35?/m1/s1. The average molecular weight is 698 g/mol. The van der Waals surface area contributed by atoms with Gasteiger partial charge in [0.15, 0.2) is 0 Å². The number of aromatic nitrogens is 1. The zero-order chi connectivity index (χ0) is 35.7. The minimum absolute atomic E-state index is 0.0710. The van der Waals surface area contributed by atoms with Crippen LogP contribution in [-0.4, -0.2) is 42.0 Å². The largest absolute Gasteiger partial charge is 0.465 e. The molecule has 1 unspecified atom stereocenters. The summed E-state index contributed by atoms with van der Waals surface area (Å²) in [5.41, 5.74) is 4.28. The van der Waals surface area contributed by atoms with Crippen LogP contribution in [0.4, 0.5) is 5.69 Å². The molecule has 0 spiro atoms. The summed E-state index contributed by atoms with van der Waals surface area (Å²) in [7, 11) is 0. The Hall–Kier alpha value is -4.04. The van der Waals surface area contributed by atoms with Gasteiger partial charge in [0.25, 0.3) is 0 Å². The van der Waals surface area contributed by atoms with Gasteiger partial charge in [0, 0.05) is 17.6 Å². The molecule has 2 amide bonds. The molecule has 1 aromatic heterocycles. The summed E-state index contributed by atoms with van der Waals surface area (Å²) in [5.74, 6) is -1.45. The van der Waals surface area contributed by atoms with Gasteiger partial charge in [-0.2, -0.15) is 0 Å². The first kappa shape index (κ1) is 38.8. The molecular formula is C42H55N3O4S. The number of fused-ring (bicyclic) bond motifs is 1. The Kier molecular flexibility index (Phi) is 16.0. The smallest absolute Gasteiger partial charge is 0.308 e. The number of nitrogens with zero attached hydrogens (tertiary/aromatic N) is 2. The molecule has 50 heavy (non-hydrogen) atoms. The summed E-state index contributed by atoms with van der Waals surface area (Å²) in [6.07, 6.45) is 8.76. The van der Waals surface area contributed by atoms with Gasteiger partial charge in [-0.1, -0.05) is 87.7 Å². The summed E-state index contributed by atoms with van der Waals surface area (Å²) in [4.78, 5) is 47.3. The number of esters is 1. The van der Waals surface area contributed by atoms with Crippen molar-refractivity contribution in [3.8, 4) is 0 Å². The first-order valence-electron chi connectivity index (χ1n) is 18.5. The molecule has 3 aromatic carbocycles. The van der Waals surface area contributed by atoms with Crippen LogP contribution in [0.2, 0.25) is 0 Å². The maximum Gasteiger partial charge on any atom is 0.308 e. The molecule has 8 heteroatoms. The molecule has 0 aliphatic carbocycles. The fraction of sp³-hybridized carbons (Fsp3) is 0.476. The van der Waals surface area contributed by atoms with Gasteiger partial charge in [-0.05, 0) is 101 Å². The van der Waals surface area contributed by atoms with Crippen molar-refractivity contribution in [1.82, 2.24) is 10.3 Å². The molecule has 0 aliphatic heterocycles. The van der Waals surface area contributed by atoms with Crippen molar-refractivity contribution in [1.29, 1.82) is 0 Å². The van der Waals surface area contributed by atoms with Gasteiger partial charge >= 0.3 is 5.97 Å². The summed E-state index contributed by atoms with van der Waals surface area (Å²) in [6, 6.07) is 26.2. The highest BCUT2D eigenvalue weighted by Gasteiger charge is 2.29. The van der Waals surface area contributed by atoms with Gasteiger partial charge in [0.2, 0.25) is 11.8 Å². The number of hydrogen-bond donors (Lipinski definition) is 1. The molecule has 0 saturated carbocycles. The van der Waals surface area contributed by atoms with E-state index >= 15 is 0 Å². The summed E-state index contributed by atoms with van der Waals surface area (Å²) in [5, 5.41) is 4.06.